The highest BCUT2D eigenvalue weighted by molar-refractivity contribution is 5.94. The minimum atomic E-state index is -4.56. The fraction of sp³-hybridized carbons (Fsp3) is 0.360. The number of anilines is 1. The second-order valence-electron chi connectivity index (χ2n) is 8.84. The van der Waals surface area contributed by atoms with Crippen molar-refractivity contribution in [3.63, 3.8) is 0 Å². The molecular formula is C25H26F3N7O. The van der Waals surface area contributed by atoms with Gasteiger partial charge in [0.25, 0.3) is 0 Å². The van der Waals surface area contributed by atoms with E-state index in [0.717, 1.165) is 17.9 Å². The predicted octanol–water partition coefficient (Wildman–Crippen LogP) is 3.87. The zero-order valence-corrected chi connectivity index (χ0v) is 20.0. The van der Waals surface area contributed by atoms with E-state index in [9.17, 15) is 18.0 Å². The van der Waals surface area contributed by atoms with E-state index in [-0.39, 0.29) is 17.2 Å². The highest BCUT2D eigenvalue weighted by Gasteiger charge is 2.37. The number of halogens is 3. The van der Waals surface area contributed by atoms with Crippen LogP contribution in [0.5, 0.6) is 0 Å². The predicted molar refractivity (Wildman–Crippen MR) is 128 cm³/mol. The Labute approximate surface area is 205 Å². The number of hydrogen-bond acceptors (Lipinski definition) is 5. The summed E-state index contributed by atoms with van der Waals surface area (Å²) in [5.74, 6) is 1.40. The summed E-state index contributed by atoms with van der Waals surface area (Å²) in [6.07, 6.45) is -0.451. The highest BCUT2D eigenvalue weighted by Crippen LogP contribution is 2.32. The van der Waals surface area contributed by atoms with Gasteiger partial charge in [0.05, 0.1) is 17.6 Å². The number of aromatic nitrogens is 5. The first kappa shape index (κ1) is 24.0. The monoisotopic (exact) mass is 497 g/mol. The lowest BCUT2D eigenvalue weighted by molar-refractivity contribution is -0.141. The number of para-hydroxylation sites is 1. The largest absolute Gasteiger partial charge is 0.435 e. The quantitative estimate of drug-likeness (QED) is 0.419. The van der Waals surface area contributed by atoms with Crippen molar-refractivity contribution in [1.82, 2.24) is 29.5 Å². The van der Waals surface area contributed by atoms with Gasteiger partial charge in [-0.2, -0.15) is 18.3 Å². The van der Waals surface area contributed by atoms with E-state index in [2.05, 4.69) is 15.4 Å². The number of carbonyl (C=O) groups excluding carboxylic acids is 1. The van der Waals surface area contributed by atoms with Crippen LogP contribution < -0.4 is 10.2 Å². The minimum Gasteiger partial charge on any atom is -0.316 e. The molecule has 1 aromatic carbocycles. The van der Waals surface area contributed by atoms with Crippen molar-refractivity contribution in [3.8, 4) is 5.69 Å². The van der Waals surface area contributed by atoms with Crippen molar-refractivity contribution in [2.24, 2.45) is 0 Å². The summed E-state index contributed by atoms with van der Waals surface area (Å²) in [6, 6.07) is 11.5. The molecule has 1 N–H and O–H groups in total. The summed E-state index contributed by atoms with van der Waals surface area (Å²) in [6.45, 7) is 2.37. The van der Waals surface area contributed by atoms with Gasteiger partial charge < -0.3 is 9.88 Å². The number of amides is 1. The van der Waals surface area contributed by atoms with Gasteiger partial charge in [-0.05, 0) is 45.0 Å². The Balaban J connectivity index is 1.50. The second-order valence-corrected chi connectivity index (χ2v) is 8.84. The van der Waals surface area contributed by atoms with E-state index >= 15 is 0 Å². The Bertz CT molecular complexity index is 1410. The van der Waals surface area contributed by atoms with Crippen LogP contribution in [0.3, 0.4) is 0 Å². The number of alkyl halides is 3. The number of aryl methyl sites for hydroxylation is 3. The lowest BCUT2D eigenvalue weighted by Crippen LogP contribution is -2.24. The van der Waals surface area contributed by atoms with Crippen molar-refractivity contribution in [3.05, 3.63) is 71.1 Å². The molecule has 11 heteroatoms. The SMILES string of the molecule is CNCc1cc(CCc2nc(N3CCCC3=O)cn2-c2ccccc2)nn2c(C)c(C(F)(F)F)nc12. The van der Waals surface area contributed by atoms with Crippen molar-refractivity contribution in [2.45, 2.75) is 45.3 Å². The van der Waals surface area contributed by atoms with Gasteiger partial charge in [-0.1, -0.05) is 18.2 Å². The van der Waals surface area contributed by atoms with Crippen molar-refractivity contribution >= 4 is 17.4 Å². The van der Waals surface area contributed by atoms with Crippen molar-refractivity contribution in [2.75, 3.05) is 18.5 Å². The average molecular weight is 498 g/mol. The molecule has 0 aliphatic carbocycles. The van der Waals surface area contributed by atoms with Crippen LogP contribution in [0, 0.1) is 6.92 Å². The van der Waals surface area contributed by atoms with Gasteiger partial charge in [0, 0.05) is 37.2 Å². The zero-order chi connectivity index (χ0) is 25.4. The molecule has 1 saturated heterocycles. The molecule has 0 bridgehead atoms. The van der Waals surface area contributed by atoms with Gasteiger partial charge >= 0.3 is 6.18 Å². The Morgan fingerprint density at radius 3 is 2.56 bits per heavy atom. The number of hydrogen-bond donors (Lipinski definition) is 1. The summed E-state index contributed by atoms with van der Waals surface area (Å²) in [7, 11) is 1.73. The van der Waals surface area contributed by atoms with Crippen molar-refractivity contribution in [1.29, 1.82) is 0 Å². The van der Waals surface area contributed by atoms with Crippen LogP contribution in [0.1, 0.15) is 41.3 Å². The summed E-state index contributed by atoms with van der Waals surface area (Å²) < 4.78 is 43.7. The molecule has 4 aromatic rings. The van der Waals surface area contributed by atoms with Crippen molar-refractivity contribution < 1.29 is 18.0 Å². The zero-order valence-electron chi connectivity index (χ0n) is 20.0. The maximum absolute atomic E-state index is 13.5. The Morgan fingerprint density at radius 2 is 1.89 bits per heavy atom. The van der Waals surface area contributed by atoms with Gasteiger partial charge in [0.2, 0.25) is 5.91 Å². The maximum Gasteiger partial charge on any atom is 0.435 e. The number of imidazole rings is 2. The summed E-state index contributed by atoms with van der Waals surface area (Å²) in [4.78, 5) is 22.6. The minimum absolute atomic E-state index is 0.0441. The van der Waals surface area contributed by atoms with E-state index in [1.54, 1.807) is 18.0 Å². The molecule has 1 aliphatic heterocycles. The summed E-state index contributed by atoms with van der Waals surface area (Å²) >= 11 is 0. The average Bonchev–Trinajstić information content (AvgIpc) is 3.55. The first-order valence-corrected chi connectivity index (χ1v) is 11.8. The molecule has 188 valence electrons. The van der Waals surface area contributed by atoms with Crippen LogP contribution in [0.25, 0.3) is 11.3 Å². The number of nitrogens with one attached hydrogen (secondary N) is 1. The molecular weight excluding hydrogens is 471 g/mol. The van der Waals surface area contributed by atoms with Crippen LogP contribution in [0.15, 0.2) is 42.6 Å². The van der Waals surface area contributed by atoms with E-state index in [4.69, 9.17) is 4.98 Å². The standard InChI is InChI=1S/C25H26F3N7O/c1-16-23(25(26,27)28)31-24-17(14-29-2)13-18(32-35(16)24)10-11-20-30-21(33-12-6-9-22(33)36)15-34(20)19-7-4-3-5-8-19/h3-5,7-8,13,15,29H,6,9-12,14H2,1-2H3. The molecule has 1 aliphatic rings. The number of nitrogens with zero attached hydrogens (tertiary/aromatic N) is 6. The van der Waals surface area contributed by atoms with Crippen LogP contribution in [-0.2, 0) is 30.4 Å². The van der Waals surface area contributed by atoms with Crippen LogP contribution in [0.2, 0.25) is 0 Å². The smallest absolute Gasteiger partial charge is 0.316 e. The first-order valence-electron chi connectivity index (χ1n) is 11.8. The second kappa shape index (κ2) is 9.38. The summed E-state index contributed by atoms with van der Waals surface area (Å²) in [5, 5.41) is 7.49. The number of benzene rings is 1. The van der Waals surface area contributed by atoms with Gasteiger partial charge in [0.1, 0.15) is 5.82 Å². The van der Waals surface area contributed by atoms with E-state index in [0.29, 0.717) is 49.4 Å². The van der Waals surface area contributed by atoms with E-state index in [1.165, 1.54) is 11.4 Å². The molecule has 1 amide bonds. The highest BCUT2D eigenvalue weighted by atomic mass is 19.4. The fourth-order valence-corrected chi connectivity index (χ4v) is 4.61. The third kappa shape index (κ3) is 4.46. The number of fused-ring (bicyclic) bond motifs is 1. The van der Waals surface area contributed by atoms with Gasteiger partial charge in [-0.15, -0.1) is 0 Å². The molecule has 0 radical (unpaired) electrons. The third-order valence-electron chi connectivity index (χ3n) is 6.33. The first-order chi connectivity index (χ1) is 17.3. The number of carbonyl (C=O) groups is 1. The molecule has 0 atom stereocenters. The molecule has 36 heavy (non-hydrogen) atoms. The molecule has 0 spiro atoms. The van der Waals surface area contributed by atoms with Crippen LogP contribution >= 0.6 is 0 Å². The molecule has 5 rings (SSSR count). The topological polar surface area (TPSA) is 80.4 Å². The molecule has 1 fully saturated rings. The maximum atomic E-state index is 13.5. The Hall–Kier alpha value is -3.73. The fourth-order valence-electron chi connectivity index (χ4n) is 4.61. The molecule has 3 aromatic heterocycles. The molecule has 4 heterocycles. The number of rotatable bonds is 7. The third-order valence-corrected chi connectivity index (χ3v) is 6.33. The van der Waals surface area contributed by atoms with E-state index < -0.39 is 11.9 Å². The normalized spacial score (nSPS) is 14.4. The van der Waals surface area contributed by atoms with Gasteiger partial charge in [-0.25, -0.2) is 14.5 Å². The molecule has 8 nitrogen and oxygen atoms in total. The lowest BCUT2D eigenvalue weighted by atomic mass is 10.1. The summed E-state index contributed by atoms with van der Waals surface area (Å²) in [5.41, 5.74) is 1.40. The molecule has 0 unspecified atom stereocenters. The Kier molecular flexibility index (Phi) is 6.25. The van der Waals surface area contributed by atoms with Gasteiger partial charge in [0.15, 0.2) is 17.2 Å². The Morgan fingerprint density at radius 1 is 1.11 bits per heavy atom. The van der Waals surface area contributed by atoms with Crippen LogP contribution in [0.4, 0.5) is 19.0 Å². The van der Waals surface area contributed by atoms with E-state index in [1.807, 2.05) is 41.1 Å². The van der Waals surface area contributed by atoms with Gasteiger partial charge in [-0.3, -0.25) is 9.69 Å². The van der Waals surface area contributed by atoms with Crippen LogP contribution in [-0.4, -0.2) is 43.6 Å². The molecule has 0 saturated carbocycles. The lowest BCUT2D eigenvalue weighted by Gasteiger charge is -2.10.